The van der Waals surface area contributed by atoms with Gasteiger partial charge in [0.15, 0.2) is 0 Å². The smallest absolute Gasteiger partial charge is 0.146 e. The Balaban J connectivity index is 2.64. The van der Waals surface area contributed by atoms with Gasteiger partial charge in [-0.2, -0.15) is 5.26 Å². The summed E-state index contributed by atoms with van der Waals surface area (Å²) in [5.41, 5.74) is -0.0433. The lowest BCUT2D eigenvalue weighted by Gasteiger charge is -2.16. The molecule has 0 heterocycles. The Morgan fingerprint density at radius 1 is 1.43 bits per heavy atom. The van der Waals surface area contributed by atoms with E-state index in [0.717, 1.165) is 0 Å². The molecule has 1 aromatic rings. The van der Waals surface area contributed by atoms with Gasteiger partial charge in [-0.3, -0.25) is 0 Å². The Morgan fingerprint density at radius 3 is 2.64 bits per heavy atom. The molecule has 1 rings (SSSR count). The molecule has 74 valence electrons. The van der Waals surface area contributed by atoms with Crippen LogP contribution in [0.25, 0.3) is 0 Å². The highest BCUT2D eigenvalue weighted by Crippen LogP contribution is 2.17. The SMILES string of the molecule is CC(C)(C#N)CNc1ccccc1F. The van der Waals surface area contributed by atoms with Crippen LogP contribution in [0.3, 0.4) is 0 Å². The second-order valence-electron chi connectivity index (χ2n) is 3.83. The van der Waals surface area contributed by atoms with Crippen LogP contribution < -0.4 is 5.32 Å². The van der Waals surface area contributed by atoms with Gasteiger partial charge in [0.2, 0.25) is 0 Å². The van der Waals surface area contributed by atoms with E-state index in [0.29, 0.717) is 12.2 Å². The third-order valence-electron chi connectivity index (χ3n) is 1.90. The van der Waals surface area contributed by atoms with Crippen LogP contribution in [0.1, 0.15) is 13.8 Å². The second-order valence-corrected chi connectivity index (χ2v) is 3.83. The van der Waals surface area contributed by atoms with Gasteiger partial charge in [-0.15, -0.1) is 0 Å². The number of nitrogens with one attached hydrogen (secondary N) is 1. The largest absolute Gasteiger partial charge is 0.381 e. The van der Waals surface area contributed by atoms with E-state index in [1.807, 2.05) is 0 Å². The summed E-state index contributed by atoms with van der Waals surface area (Å²) in [7, 11) is 0. The first-order chi connectivity index (χ1) is 6.55. The maximum atomic E-state index is 13.1. The van der Waals surface area contributed by atoms with E-state index in [1.54, 1.807) is 32.0 Å². The van der Waals surface area contributed by atoms with Crippen LogP contribution in [0.2, 0.25) is 0 Å². The molecule has 0 aliphatic heterocycles. The molecule has 0 amide bonds. The first-order valence-corrected chi connectivity index (χ1v) is 4.45. The molecular formula is C11H13FN2. The standard InChI is InChI=1S/C11H13FN2/c1-11(2,7-13)8-14-10-6-4-3-5-9(10)12/h3-6,14H,8H2,1-2H3. The molecule has 0 atom stereocenters. The number of rotatable bonds is 3. The van der Waals surface area contributed by atoms with Crippen molar-refractivity contribution in [2.75, 3.05) is 11.9 Å². The van der Waals surface area contributed by atoms with Crippen molar-refractivity contribution in [2.24, 2.45) is 5.41 Å². The molecule has 0 aliphatic rings. The summed E-state index contributed by atoms with van der Waals surface area (Å²) in [4.78, 5) is 0. The van der Waals surface area contributed by atoms with Crippen LogP contribution >= 0.6 is 0 Å². The van der Waals surface area contributed by atoms with E-state index in [9.17, 15) is 4.39 Å². The average molecular weight is 192 g/mol. The van der Waals surface area contributed by atoms with Crippen molar-refractivity contribution in [1.29, 1.82) is 5.26 Å². The molecule has 0 saturated carbocycles. The molecule has 0 radical (unpaired) electrons. The molecule has 0 aromatic heterocycles. The fourth-order valence-electron chi connectivity index (χ4n) is 0.960. The summed E-state index contributed by atoms with van der Waals surface area (Å²) >= 11 is 0. The Kier molecular flexibility index (Phi) is 3.08. The number of para-hydroxylation sites is 1. The third kappa shape index (κ3) is 2.74. The van der Waals surface area contributed by atoms with Crippen molar-refractivity contribution in [3.8, 4) is 6.07 Å². The van der Waals surface area contributed by atoms with Gasteiger partial charge in [0.25, 0.3) is 0 Å². The highest BCUT2D eigenvalue weighted by Gasteiger charge is 2.16. The van der Waals surface area contributed by atoms with Gasteiger partial charge in [0.1, 0.15) is 5.82 Å². The summed E-state index contributed by atoms with van der Waals surface area (Å²) in [6.45, 7) is 4.05. The number of nitriles is 1. The minimum atomic E-state index is -0.484. The lowest BCUT2D eigenvalue weighted by Crippen LogP contribution is -2.21. The molecule has 1 N–H and O–H groups in total. The summed E-state index contributed by atoms with van der Waals surface area (Å²) in [6.07, 6.45) is 0. The molecular weight excluding hydrogens is 179 g/mol. The molecule has 0 fully saturated rings. The number of hydrogen-bond acceptors (Lipinski definition) is 2. The van der Waals surface area contributed by atoms with Crippen LogP contribution in [0, 0.1) is 22.6 Å². The predicted molar refractivity (Wildman–Crippen MR) is 54.3 cm³/mol. The molecule has 0 bridgehead atoms. The first kappa shape index (κ1) is 10.5. The molecule has 3 heteroatoms. The Hall–Kier alpha value is -1.56. The molecule has 0 unspecified atom stereocenters. The normalized spacial score (nSPS) is 10.7. The summed E-state index contributed by atoms with van der Waals surface area (Å²) in [6, 6.07) is 8.58. The molecule has 0 saturated heterocycles. The van der Waals surface area contributed by atoms with E-state index >= 15 is 0 Å². The third-order valence-corrected chi connectivity index (χ3v) is 1.90. The topological polar surface area (TPSA) is 35.8 Å². The number of anilines is 1. The first-order valence-electron chi connectivity index (χ1n) is 4.45. The Morgan fingerprint density at radius 2 is 2.07 bits per heavy atom. The van der Waals surface area contributed by atoms with Crippen molar-refractivity contribution in [3.05, 3.63) is 30.1 Å². The molecule has 0 aliphatic carbocycles. The maximum absolute atomic E-state index is 13.1. The van der Waals surface area contributed by atoms with E-state index in [4.69, 9.17) is 5.26 Å². The van der Waals surface area contributed by atoms with Crippen molar-refractivity contribution >= 4 is 5.69 Å². The lowest BCUT2D eigenvalue weighted by atomic mass is 9.96. The van der Waals surface area contributed by atoms with Crippen molar-refractivity contribution < 1.29 is 4.39 Å². The highest BCUT2D eigenvalue weighted by molar-refractivity contribution is 5.44. The minimum Gasteiger partial charge on any atom is -0.381 e. The Labute approximate surface area is 83.4 Å². The summed E-state index contributed by atoms with van der Waals surface area (Å²) < 4.78 is 13.1. The molecule has 14 heavy (non-hydrogen) atoms. The van der Waals surface area contributed by atoms with E-state index < -0.39 is 5.41 Å². The fourth-order valence-corrected chi connectivity index (χ4v) is 0.960. The van der Waals surface area contributed by atoms with E-state index in [-0.39, 0.29) is 5.82 Å². The maximum Gasteiger partial charge on any atom is 0.146 e. The van der Waals surface area contributed by atoms with Gasteiger partial charge < -0.3 is 5.32 Å². The minimum absolute atomic E-state index is 0.291. The van der Waals surface area contributed by atoms with E-state index in [2.05, 4.69) is 11.4 Å². The van der Waals surface area contributed by atoms with Crippen LogP contribution in [-0.4, -0.2) is 6.54 Å². The summed E-state index contributed by atoms with van der Waals surface area (Å²) in [5, 5.41) is 11.7. The van der Waals surface area contributed by atoms with Gasteiger partial charge in [0, 0.05) is 6.54 Å². The number of halogens is 1. The zero-order valence-corrected chi connectivity index (χ0v) is 8.34. The van der Waals surface area contributed by atoms with Crippen molar-refractivity contribution in [1.82, 2.24) is 0 Å². The van der Waals surface area contributed by atoms with E-state index in [1.165, 1.54) is 6.07 Å². The highest BCUT2D eigenvalue weighted by atomic mass is 19.1. The van der Waals surface area contributed by atoms with Crippen LogP contribution in [0.15, 0.2) is 24.3 Å². The Bertz CT molecular complexity index is 353. The zero-order chi connectivity index (χ0) is 10.6. The van der Waals surface area contributed by atoms with Gasteiger partial charge >= 0.3 is 0 Å². The lowest BCUT2D eigenvalue weighted by molar-refractivity contribution is 0.526. The monoisotopic (exact) mass is 192 g/mol. The fraction of sp³-hybridized carbons (Fsp3) is 0.364. The summed E-state index contributed by atoms with van der Waals surface area (Å²) in [5.74, 6) is -0.291. The number of hydrogen-bond donors (Lipinski definition) is 1. The predicted octanol–water partition coefficient (Wildman–Crippen LogP) is 2.79. The number of nitrogens with zero attached hydrogens (tertiary/aromatic N) is 1. The number of benzene rings is 1. The van der Waals surface area contributed by atoms with Crippen molar-refractivity contribution in [3.63, 3.8) is 0 Å². The van der Waals surface area contributed by atoms with Crippen LogP contribution in [0.4, 0.5) is 10.1 Å². The zero-order valence-electron chi connectivity index (χ0n) is 8.34. The van der Waals surface area contributed by atoms with Gasteiger partial charge in [-0.25, -0.2) is 4.39 Å². The van der Waals surface area contributed by atoms with Crippen LogP contribution in [0.5, 0.6) is 0 Å². The van der Waals surface area contributed by atoms with Crippen LogP contribution in [-0.2, 0) is 0 Å². The molecule has 0 spiro atoms. The van der Waals surface area contributed by atoms with Gasteiger partial charge in [0.05, 0.1) is 17.2 Å². The van der Waals surface area contributed by atoms with Gasteiger partial charge in [-0.1, -0.05) is 12.1 Å². The average Bonchev–Trinajstić information content (AvgIpc) is 2.17. The quantitative estimate of drug-likeness (QED) is 0.799. The van der Waals surface area contributed by atoms with Gasteiger partial charge in [-0.05, 0) is 26.0 Å². The molecule has 1 aromatic carbocycles. The second kappa shape index (κ2) is 4.10. The van der Waals surface area contributed by atoms with Crippen molar-refractivity contribution in [2.45, 2.75) is 13.8 Å². The molecule has 2 nitrogen and oxygen atoms in total.